The molecule has 1 heterocycles. The number of hydrogen-bond acceptors (Lipinski definition) is 6. The number of para-hydroxylation sites is 2. The predicted molar refractivity (Wildman–Crippen MR) is 161 cm³/mol. The summed E-state index contributed by atoms with van der Waals surface area (Å²) in [5.41, 5.74) is 1.74. The van der Waals surface area contributed by atoms with Gasteiger partial charge in [-0.25, -0.2) is 9.59 Å². The Labute approximate surface area is 245 Å². The lowest BCUT2D eigenvalue weighted by Gasteiger charge is -2.38. The quantitative estimate of drug-likeness (QED) is 0.307. The lowest BCUT2D eigenvalue weighted by Crippen LogP contribution is -2.50. The molecule has 4 N–H and O–H groups in total. The minimum atomic E-state index is -0.552. The van der Waals surface area contributed by atoms with Gasteiger partial charge in [-0.3, -0.25) is 4.79 Å². The summed E-state index contributed by atoms with van der Waals surface area (Å²) < 4.78 is 11.6. The highest BCUT2D eigenvalue weighted by atomic mass is 16.5. The molecule has 222 valence electrons. The van der Waals surface area contributed by atoms with Gasteiger partial charge in [0.15, 0.2) is 5.75 Å². The van der Waals surface area contributed by atoms with Crippen LogP contribution in [0.4, 0.5) is 26.7 Å². The number of carbonyl (C=O) groups excluding carboxylic acids is 3. The molecule has 1 aliphatic heterocycles. The molecule has 11 nitrogen and oxygen atoms in total. The first-order chi connectivity index (χ1) is 20.2. The zero-order valence-corrected chi connectivity index (χ0v) is 24.2. The number of anilines is 3. The highest BCUT2D eigenvalue weighted by molar-refractivity contribution is 6.04. The number of ether oxygens (including phenoxy) is 2. The van der Waals surface area contributed by atoms with Gasteiger partial charge >= 0.3 is 12.1 Å². The molecular weight excluding hydrogens is 538 g/mol. The van der Waals surface area contributed by atoms with Crippen molar-refractivity contribution in [3.05, 3.63) is 78.4 Å². The standard InChI is InChI=1S/C31H37N5O6/c1-20-17-36(21(2)19-37)29(38)25-11-8-12-26(34-30(39)32-23-13-15-24(41-4)16-14-23)28(25)42-27(20)18-35(3)31(40)33-22-9-6-5-7-10-22/h5-16,20-21,27,37H,17-19H2,1-4H3,(H,33,40)(H2,32,34,39)/t20-,21-,27+/m0/s1. The Bertz CT molecular complexity index is 1380. The van der Waals surface area contributed by atoms with Crippen LogP contribution in [0.15, 0.2) is 72.8 Å². The molecule has 3 aromatic carbocycles. The average Bonchev–Trinajstić information content (AvgIpc) is 2.99. The second-order valence-corrected chi connectivity index (χ2v) is 10.3. The topological polar surface area (TPSA) is 132 Å². The molecule has 3 aromatic rings. The maximum atomic E-state index is 13.7. The van der Waals surface area contributed by atoms with Crippen LogP contribution in [0.1, 0.15) is 24.2 Å². The van der Waals surface area contributed by atoms with Crippen molar-refractivity contribution in [2.75, 3.05) is 49.8 Å². The molecule has 0 aliphatic carbocycles. The van der Waals surface area contributed by atoms with Crippen molar-refractivity contribution in [2.45, 2.75) is 26.0 Å². The maximum absolute atomic E-state index is 13.7. The van der Waals surface area contributed by atoms with Crippen LogP contribution in [-0.2, 0) is 0 Å². The van der Waals surface area contributed by atoms with E-state index in [0.717, 1.165) is 0 Å². The number of aliphatic hydroxyl groups is 1. The van der Waals surface area contributed by atoms with Crippen molar-refractivity contribution < 1.29 is 29.0 Å². The third-order valence-corrected chi connectivity index (χ3v) is 7.11. The molecule has 0 radical (unpaired) electrons. The Balaban J connectivity index is 1.61. The molecule has 0 unspecified atom stereocenters. The van der Waals surface area contributed by atoms with Gasteiger partial charge in [-0.2, -0.15) is 0 Å². The first-order valence-electron chi connectivity index (χ1n) is 13.7. The Morgan fingerprint density at radius 1 is 1.02 bits per heavy atom. The number of likely N-dealkylation sites (N-methyl/N-ethyl adjacent to an activating group) is 1. The SMILES string of the molecule is COc1ccc(NC(=O)Nc2cccc3c2O[C@H](CN(C)C(=O)Nc2ccccc2)[C@@H](C)CN([C@@H](C)CO)C3=O)cc1. The molecule has 0 fully saturated rings. The minimum absolute atomic E-state index is 0.191. The largest absolute Gasteiger partial charge is 0.497 e. The Morgan fingerprint density at radius 2 is 1.71 bits per heavy atom. The fraction of sp³-hybridized carbons (Fsp3) is 0.323. The van der Waals surface area contributed by atoms with Gasteiger partial charge in [-0.05, 0) is 55.5 Å². The van der Waals surface area contributed by atoms with E-state index in [0.29, 0.717) is 29.4 Å². The zero-order chi connectivity index (χ0) is 30.2. The summed E-state index contributed by atoms with van der Waals surface area (Å²) in [5, 5.41) is 18.3. The number of rotatable bonds is 8. The molecule has 4 rings (SSSR count). The van der Waals surface area contributed by atoms with E-state index < -0.39 is 18.2 Å². The van der Waals surface area contributed by atoms with E-state index in [9.17, 15) is 19.5 Å². The van der Waals surface area contributed by atoms with Gasteiger partial charge in [-0.15, -0.1) is 0 Å². The highest BCUT2D eigenvalue weighted by Gasteiger charge is 2.35. The summed E-state index contributed by atoms with van der Waals surface area (Å²) >= 11 is 0. The molecule has 11 heteroatoms. The first-order valence-corrected chi connectivity index (χ1v) is 13.7. The molecule has 0 bridgehead atoms. The van der Waals surface area contributed by atoms with Gasteiger partial charge < -0.3 is 40.3 Å². The average molecular weight is 576 g/mol. The Hall–Kier alpha value is -4.77. The number of aliphatic hydroxyl groups excluding tert-OH is 1. The van der Waals surface area contributed by atoms with Gasteiger partial charge in [0.05, 0.1) is 37.6 Å². The van der Waals surface area contributed by atoms with Gasteiger partial charge in [0, 0.05) is 30.9 Å². The zero-order valence-electron chi connectivity index (χ0n) is 24.2. The van der Waals surface area contributed by atoms with E-state index in [4.69, 9.17) is 9.47 Å². The monoisotopic (exact) mass is 575 g/mol. The Kier molecular flexibility index (Phi) is 9.87. The van der Waals surface area contributed by atoms with Gasteiger partial charge in [-0.1, -0.05) is 31.2 Å². The normalized spacial score (nSPS) is 17.1. The summed E-state index contributed by atoms with van der Waals surface area (Å²) in [4.78, 5) is 42.7. The molecule has 0 saturated heterocycles. The number of methoxy groups -OCH3 is 1. The van der Waals surface area contributed by atoms with E-state index in [1.54, 1.807) is 80.6 Å². The van der Waals surface area contributed by atoms with E-state index in [-0.39, 0.29) is 42.3 Å². The second-order valence-electron chi connectivity index (χ2n) is 10.3. The van der Waals surface area contributed by atoms with E-state index in [2.05, 4.69) is 16.0 Å². The number of nitrogens with one attached hydrogen (secondary N) is 3. The fourth-order valence-electron chi connectivity index (χ4n) is 4.61. The summed E-state index contributed by atoms with van der Waals surface area (Å²) in [5.74, 6) is 0.285. The van der Waals surface area contributed by atoms with Crippen molar-refractivity contribution in [1.29, 1.82) is 0 Å². The van der Waals surface area contributed by atoms with Crippen molar-refractivity contribution in [3.8, 4) is 11.5 Å². The lowest BCUT2D eigenvalue weighted by atomic mass is 9.99. The third kappa shape index (κ3) is 7.29. The molecule has 1 aliphatic rings. The van der Waals surface area contributed by atoms with E-state index in [1.807, 2.05) is 25.1 Å². The molecule has 0 saturated carbocycles. The van der Waals surface area contributed by atoms with Crippen LogP contribution >= 0.6 is 0 Å². The van der Waals surface area contributed by atoms with Gasteiger partial charge in [0.1, 0.15) is 11.9 Å². The summed E-state index contributed by atoms with van der Waals surface area (Å²) in [6, 6.07) is 19.6. The number of urea groups is 2. The molecule has 0 aromatic heterocycles. The van der Waals surface area contributed by atoms with Crippen molar-refractivity contribution in [2.24, 2.45) is 5.92 Å². The van der Waals surface area contributed by atoms with Crippen LogP contribution in [-0.4, -0.2) is 78.9 Å². The number of amides is 5. The van der Waals surface area contributed by atoms with Crippen molar-refractivity contribution >= 4 is 35.0 Å². The maximum Gasteiger partial charge on any atom is 0.323 e. The number of benzene rings is 3. The van der Waals surface area contributed by atoms with Crippen molar-refractivity contribution in [1.82, 2.24) is 9.80 Å². The lowest BCUT2D eigenvalue weighted by molar-refractivity contribution is 0.0373. The summed E-state index contributed by atoms with van der Waals surface area (Å²) in [6.07, 6.45) is -0.552. The first kappa shape index (κ1) is 30.2. The van der Waals surface area contributed by atoms with Gasteiger partial charge in [0.25, 0.3) is 5.91 Å². The molecule has 5 amide bonds. The van der Waals surface area contributed by atoms with E-state index in [1.165, 1.54) is 4.90 Å². The smallest absolute Gasteiger partial charge is 0.323 e. The molecular formula is C31H37N5O6. The summed E-state index contributed by atoms with van der Waals surface area (Å²) in [6.45, 7) is 3.97. The predicted octanol–water partition coefficient (Wildman–Crippen LogP) is 4.72. The highest BCUT2D eigenvalue weighted by Crippen LogP contribution is 2.35. The van der Waals surface area contributed by atoms with Crippen LogP contribution in [0.5, 0.6) is 11.5 Å². The third-order valence-electron chi connectivity index (χ3n) is 7.11. The molecule has 0 spiro atoms. The molecule has 3 atom stereocenters. The van der Waals surface area contributed by atoms with Crippen LogP contribution in [0.2, 0.25) is 0 Å². The van der Waals surface area contributed by atoms with E-state index >= 15 is 0 Å². The number of carbonyl (C=O) groups is 3. The van der Waals surface area contributed by atoms with Crippen molar-refractivity contribution in [3.63, 3.8) is 0 Å². The number of hydrogen-bond donors (Lipinski definition) is 4. The fourth-order valence-corrected chi connectivity index (χ4v) is 4.61. The summed E-state index contributed by atoms with van der Waals surface area (Å²) in [7, 11) is 3.23. The number of fused-ring (bicyclic) bond motifs is 1. The Morgan fingerprint density at radius 3 is 2.38 bits per heavy atom. The second kappa shape index (κ2) is 13.7. The van der Waals surface area contributed by atoms with Crippen LogP contribution in [0.3, 0.4) is 0 Å². The van der Waals surface area contributed by atoms with Crippen LogP contribution < -0.4 is 25.4 Å². The molecule has 42 heavy (non-hydrogen) atoms. The minimum Gasteiger partial charge on any atom is -0.497 e. The van der Waals surface area contributed by atoms with Crippen LogP contribution in [0.25, 0.3) is 0 Å². The van der Waals surface area contributed by atoms with Gasteiger partial charge in [0.2, 0.25) is 0 Å². The van der Waals surface area contributed by atoms with Crippen LogP contribution in [0, 0.1) is 5.92 Å². The number of nitrogens with zero attached hydrogens (tertiary/aromatic N) is 2.